The Morgan fingerprint density at radius 1 is 1.58 bits per heavy atom. The SMILES string of the molecule is CC(NC(=O)c1cc(F)ccc1O)C1CCCNC1. The van der Waals surface area contributed by atoms with Crippen LogP contribution in [-0.2, 0) is 0 Å². The highest BCUT2D eigenvalue weighted by atomic mass is 19.1. The number of phenolic OH excluding ortho intramolecular Hbond substituents is 1. The minimum atomic E-state index is -0.532. The molecule has 1 fully saturated rings. The first-order valence-electron chi connectivity index (χ1n) is 6.58. The third kappa shape index (κ3) is 3.44. The second-order valence-electron chi connectivity index (χ2n) is 5.03. The molecule has 0 spiro atoms. The average Bonchev–Trinajstić information content (AvgIpc) is 2.42. The molecule has 0 aliphatic carbocycles. The Labute approximate surface area is 112 Å². The van der Waals surface area contributed by atoms with Crippen LogP contribution in [-0.4, -0.2) is 30.1 Å². The van der Waals surface area contributed by atoms with Crippen molar-refractivity contribution in [3.8, 4) is 5.75 Å². The molecular weight excluding hydrogens is 247 g/mol. The van der Waals surface area contributed by atoms with Crippen molar-refractivity contribution in [2.75, 3.05) is 13.1 Å². The van der Waals surface area contributed by atoms with E-state index in [2.05, 4.69) is 10.6 Å². The van der Waals surface area contributed by atoms with Gasteiger partial charge in [0.2, 0.25) is 0 Å². The number of carbonyl (C=O) groups is 1. The Kier molecular flexibility index (Phi) is 4.37. The number of aromatic hydroxyl groups is 1. The van der Waals surface area contributed by atoms with Gasteiger partial charge in [0.15, 0.2) is 0 Å². The van der Waals surface area contributed by atoms with E-state index in [1.165, 1.54) is 6.07 Å². The molecule has 19 heavy (non-hydrogen) atoms. The van der Waals surface area contributed by atoms with E-state index in [1.807, 2.05) is 6.92 Å². The highest BCUT2D eigenvalue weighted by Gasteiger charge is 2.22. The Morgan fingerprint density at radius 2 is 2.37 bits per heavy atom. The molecule has 1 amide bonds. The zero-order valence-corrected chi connectivity index (χ0v) is 10.9. The summed E-state index contributed by atoms with van der Waals surface area (Å²) in [6.45, 7) is 3.82. The number of benzene rings is 1. The summed E-state index contributed by atoms with van der Waals surface area (Å²) >= 11 is 0. The topological polar surface area (TPSA) is 61.4 Å². The quantitative estimate of drug-likeness (QED) is 0.779. The fraction of sp³-hybridized carbons (Fsp3) is 0.500. The molecule has 0 bridgehead atoms. The maximum atomic E-state index is 13.1. The second-order valence-corrected chi connectivity index (χ2v) is 5.03. The van der Waals surface area contributed by atoms with Crippen LogP contribution in [0, 0.1) is 11.7 Å². The molecule has 104 valence electrons. The van der Waals surface area contributed by atoms with Gasteiger partial charge < -0.3 is 15.7 Å². The summed E-state index contributed by atoms with van der Waals surface area (Å²) in [4.78, 5) is 12.0. The van der Waals surface area contributed by atoms with Gasteiger partial charge in [0.05, 0.1) is 5.56 Å². The summed E-state index contributed by atoms with van der Waals surface area (Å²) in [6.07, 6.45) is 2.15. The fourth-order valence-corrected chi connectivity index (χ4v) is 2.40. The van der Waals surface area contributed by atoms with Crippen molar-refractivity contribution in [2.45, 2.75) is 25.8 Å². The maximum absolute atomic E-state index is 13.1. The molecule has 3 N–H and O–H groups in total. The number of phenols is 1. The lowest BCUT2D eigenvalue weighted by molar-refractivity contribution is 0.0918. The summed E-state index contributed by atoms with van der Waals surface area (Å²) in [5.41, 5.74) is -0.0179. The first-order chi connectivity index (χ1) is 9.08. The predicted molar refractivity (Wildman–Crippen MR) is 70.6 cm³/mol. The van der Waals surface area contributed by atoms with Crippen LogP contribution in [0.1, 0.15) is 30.1 Å². The molecule has 1 aromatic rings. The minimum absolute atomic E-state index is 0.0111. The molecule has 2 atom stereocenters. The van der Waals surface area contributed by atoms with E-state index in [0.717, 1.165) is 38.1 Å². The van der Waals surface area contributed by atoms with E-state index in [0.29, 0.717) is 5.92 Å². The molecule has 0 radical (unpaired) electrons. The van der Waals surface area contributed by atoms with Crippen molar-refractivity contribution in [3.05, 3.63) is 29.6 Å². The molecule has 0 saturated carbocycles. The highest BCUT2D eigenvalue weighted by molar-refractivity contribution is 5.96. The number of rotatable bonds is 3. The van der Waals surface area contributed by atoms with Crippen LogP contribution in [0.15, 0.2) is 18.2 Å². The lowest BCUT2D eigenvalue weighted by Crippen LogP contribution is -2.44. The minimum Gasteiger partial charge on any atom is -0.507 e. The van der Waals surface area contributed by atoms with Crippen molar-refractivity contribution < 1.29 is 14.3 Å². The van der Waals surface area contributed by atoms with Crippen LogP contribution in [0.4, 0.5) is 4.39 Å². The first kappa shape index (κ1) is 13.8. The van der Waals surface area contributed by atoms with Crippen LogP contribution < -0.4 is 10.6 Å². The molecule has 1 aliphatic heterocycles. The molecule has 0 aromatic heterocycles. The number of piperidine rings is 1. The van der Waals surface area contributed by atoms with Crippen molar-refractivity contribution >= 4 is 5.91 Å². The Balaban J connectivity index is 2.01. The van der Waals surface area contributed by atoms with Gasteiger partial charge in [-0.2, -0.15) is 0 Å². The fourth-order valence-electron chi connectivity index (χ4n) is 2.40. The van der Waals surface area contributed by atoms with Crippen LogP contribution in [0.2, 0.25) is 0 Å². The van der Waals surface area contributed by atoms with Gasteiger partial charge in [-0.3, -0.25) is 4.79 Å². The lowest BCUT2D eigenvalue weighted by Gasteiger charge is -2.29. The summed E-state index contributed by atoms with van der Waals surface area (Å²) in [6, 6.07) is 3.36. The Bertz CT molecular complexity index is 459. The van der Waals surface area contributed by atoms with Crippen molar-refractivity contribution in [3.63, 3.8) is 0 Å². The zero-order valence-electron chi connectivity index (χ0n) is 10.9. The van der Waals surface area contributed by atoms with Crippen molar-refractivity contribution in [1.29, 1.82) is 0 Å². The van der Waals surface area contributed by atoms with E-state index < -0.39 is 11.7 Å². The molecule has 5 heteroatoms. The number of hydrogen-bond acceptors (Lipinski definition) is 3. The Morgan fingerprint density at radius 3 is 3.05 bits per heavy atom. The van der Waals surface area contributed by atoms with Crippen LogP contribution >= 0.6 is 0 Å². The molecule has 2 rings (SSSR count). The normalized spacial score (nSPS) is 20.8. The van der Waals surface area contributed by atoms with Crippen LogP contribution in [0.5, 0.6) is 5.75 Å². The molecule has 4 nitrogen and oxygen atoms in total. The second kappa shape index (κ2) is 6.02. The molecule has 1 aromatic carbocycles. The van der Waals surface area contributed by atoms with Gasteiger partial charge in [-0.1, -0.05) is 0 Å². The number of amides is 1. The smallest absolute Gasteiger partial charge is 0.255 e. The molecule has 1 aliphatic rings. The zero-order chi connectivity index (χ0) is 13.8. The number of carbonyl (C=O) groups excluding carboxylic acids is 1. The number of nitrogens with one attached hydrogen (secondary N) is 2. The summed E-state index contributed by atoms with van der Waals surface area (Å²) in [7, 11) is 0. The summed E-state index contributed by atoms with van der Waals surface area (Å²) in [5, 5.41) is 15.7. The largest absolute Gasteiger partial charge is 0.507 e. The summed E-state index contributed by atoms with van der Waals surface area (Å²) in [5.74, 6) is -0.800. The Hall–Kier alpha value is -1.62. The molecular formula is C14H19FN2O2. The van der Waals surface area contributed by atoms with E-state index in [1.54, 1.807) is 0 Å². The van der Waals surface area contributed by atoms with Crippen molar-refractivity contribution in [2.24, 2.45) is 5.92 Å². The number of halogens is 1. The van der Waals surface area contributed by atoms with Gasteiger partial charge in [-0.15, -0.1) is 0 Å². The maximum Gasteiger partial charge on any atom is 0.255 e. The van der Waals surface area contributed by atoms with Gasteiger partial charge in [0.1, 0.15) is 11.6 Å². The first-order valence-corrected chi connectivity index (χ1v) is 6.58. The van der Waals surface area contributed by atoms with Gasteiger partial charge in [0, 0.05) is 6.04 Å². The summed E-state index contributed by atoms with van der Waals surface area (Å²) < 4.78 is 13.1. The predicted octanol–water partition coefficient (Wildman–Crippen LogP) is 1.65. The van der Waals surface area contributed by atoms with Crippen LogP contribution in [0.3, 0.4) is 0 Å². The number of hydrogen-bond donors (Lipinski definition) is 3. The third-order valence-corrected chi connectivity index (χ3v) is 3.60. The molecule has 1 heterocycles. The van der Waals surface area contributed by atoms with E-state index in [9.17, 15) is 14.3 Å². The van der Waals surface area contributed by atoms with E-state index in [4.69, 9.17) is 0 Å². The van der Waals surface area contributed by atoms with Gasteiger partial charge in [0.25, 0.3) is 5.91 Å². The van der Waals surface area contributed by atoms with E-state index in [-0.39, 0.29) is 17.4 Å². The van der Waals surface area contributed by atoms with Gasteiger partial charge in [-0.25, -0.2) is 4.39 Å². The monoisotopic (exact) mass is 266 g/mol. The standard InChI is InChI=1S/C14H19FN2O2/c1-9(10-3-2-6-16-8-10)17-14(19)12-7-11(15)4-5-13(12)18/h4-5,7,9-10,16,18H,2-3,6,8H2,1H3,(H,17,19). The molecule has 2 unspecified atom stereocenters. The van der Waals surface area contributed by atoms with E-state index >= 15 is 0 Å². The van der Waals surface area contributed by atoms with Crippen LogP contribution in [0.25, 0.3) is 0 Å². The third-order valence-electron chi connectivity index (χ3n) is 3.60. The average molecular weight is 266 g/mol. The lowest BCUT2D eigenvalue weighted by atomic mass is 9.92. The highest BCUT2D eigenvalue weighted by Crippen LogP contribution is 2.19. The van der Waals surface area contributed by atoms with Gasteiger partial charge in [-0.05, 0) is 57.0 Å². The van der Waals surface area contributed by atoms with Crippen molar-refractivity contribution in [1.82, 2.24) is 10.6 Å². The van der Waals surface area contributed by atoms with Gasteiger partial charge >= 0.3 is 0 Å². The molecule has 1 saturated heterocycles.